The molecule has 0 saturated heterocycles. The van der Waals surface area contributed by atoms with Gasteiger partial charge in [-0.3, -0.25) is 0 Å². The van der Waals surface area contributed by atoms with Crippen molar-refractivity contribution in [1.29, 1.82) is 21.0 Å². The molecule has 0 saturated carbocycles. The minimum absolute atomic E-state index is 0.180. The lowest BCUT2D eigenvalue weighted by atomic mass is 9.80. The zero-order chi connectivity index (χ0) is 67.1. The molecule has 0 bridgehead atoms. The minimum atomic E-state index is -0.180. The second-order valence-electron chi connectivity index (χ2n) is 26.4. The maximum Gasteiger partial charge on any atom is 0.0992 e. The molecular weight excluding hydrogens is 1240 g/mol. The molecule has 9 heteroatoms. The monoisotopic (exact) mass is 1290 g/mol. The Kier molecular flexibility index (Phi) is 12.9. The predicted molar refractivity (Wildman–Crippen MR) is 410 cm³/mol. The number of para-hydroxylation sites is 6. The second kappa shape index (κ2) is 22.3. The summed E-state index contributed by atoms with van der Waals surface area (Å²) in [5.74, 6) is 0. The Morgan fingerprint density at radius 3 is 1.03 bits per heavy atom. The van der Waals surface area contributed by atoms with Gasteiger partial charge in [-0.1, -0.05) is 172 Å². The summed E-state index contributed by atoms with van der Waals surface area (Å²) in [6, 6.07) is 111. The lowest BCUT2D eigenvalue weighted by molar-refractivity contribution is 0.666. The van der Waals surface area contributed by atoms with Crippen LogP contribution in [0.5, 0.6) is 0 Å². The predicted octanol–water partition coefficient (Wildman–Crippen LogP) is 23.3. The van der Waals surface area contributed by atoms with Crippen LogP contribution in [0.3, 0.4) is 0 Å². The minimum Gasteiger partial charge on any atom is -0.309 e. The normalized spacial score (nSPS) is 12.3. The van der Waals surface area contributed by atoms with Gasteiger partial charge >= 0.3 is 0 Å². The molecular formula is C91H54N8S. The summed E-state index contributed by atoms with van der Waals surface area (Å²) in [6.45, 7) is 4.66. The highest BCUT2D eigenvalue weighted by Crippen LogP contribution is 2.54. The van der Waals surface area contributed by atoms with Gasteiger partial charge in [0.15, 0.2) is 0 Å². The van der Waals surface area contributed by atoms with E-state index in [0.717, 1.165) is 111 Å². The number of nitriles is 4. The molecule has 100 heavy (non-hydrogen) atoms. The molecule has 0 radical (unpaired) electrons. The molecule has 8 nitrogen and oxygen atoms in total. The third-order valence-electron chi connectivity index (χ3n) is 20.6. The maximum absolute atomic E-state index is 10.4. The van der Waals surface area contributed by atoms with E-state index in [9.17, 15) is 21.0 Å². The first-order valence-corrected chi connectivity index (χ1v) is 34.2. The highest BCUT2D eigenvalue weighted by Gasteiger charge is 2.38. The van der Waals surface area contributed by atoms with Crippen LogP contribution in [-0.4, -0.2) is 18.3 Å². The Labute approximate surface area is 578 Å². The number of benzene rings is 14. The number of hydrogen-bond donors (Lipinski definition) is 0. The van der Waals surface area contributed by atoms with Crippen LogP contribution in [0.2, 0.25) is 0 Å². The molecule has 0 fully saturated rings. The molecule has 1 aliphatic carbocycles. The zero-order valence-electron chi connectivity index (χ0n) is 54.2. The highest BCUT2D eigenvalue weighted by molar-refractivity contribution is 7.26. The lowest BCUT2D eigenvalue weighted by Gasteiger charge is -2.22. The summed E-state index contributed by atoms with van der Waals surface area (Å²) < 4.78 is 11.6. The quantitative estimate of drug-likeness (QED) is 0.165. The van der Waals surface area contributed by atoms with Gasteiger partial charge < -0.3 is 18.3 Å². The first-order chi connectivity index (χ1) is 49.2. The molecule has 5 aromatic heterocycles. The highest BCUT2D eigenvalue weighted by atomic mass is 32.1. The summed E-state index contributed by atoms with van der Waals surface area (Å²) in [6.07, 6.45) is 0. The molecule has 5 heterocycles. The van der Waals surface area contributed by atoms with E-state index in [0.29, 0.717) is 22.3 Å². The van der Waals surface area contributed by atoms with E-state index in [-0.39, 0.29) is 5.41 Å². The second-order valence-corrected chi connectivity index (χ2v) is 27.5. The van der Waals surface area contributed by atoms with Crippen LogP contribution in [0, 0.1) is 45.3 Å². The van der Waals surface area contributed by atoms with Gasteiger partial charge in [0, 0.05) is 91.4 Å². The van der Waals surface area contributed by atoms with Crippen molar-refractivity contribution < 1.29 is 0 Å². The van der Waals surface area contributed by atoms with Crippen molar-refractivity contribution in [3.05, 3.63) is 325 Å². The van der Waals surface area contributed by atoms with Gasteiger partial charge in [0.2, 0.25) is 0 Å². The smallest absolute Gasteiger partial charge is 0.0992 e. The van der Waals surface area contributed by atoms with E-state index < -0.39 is 0 Å². The number of hydrogen-bond acceptors (Lipinski definition) is 5. The van der Waals surface area contributed by atoms with Gasteiger partial charge in [-0.25, -0.2) is 0 Å². The molecule has 0 amide bonds. The number of thiophene rings is 1. The molecule has 14 aromatic carbocycles. The fourth-order valence-corrected chi connectivity index (χ4v) is 17.6. The van der Waals surface area contributed by atoms with Gasteiger partial charge in [-0.05, 0) is 178 Å². The molecule has 0 N–H and O–H groups in total. The van der Waals surface area contributed by atoms with Crippen molar-refractivity contribution in [2.45, 2.75) is 19.3 Å². The molecule has 0 spiro atoms. The van der Waals surface area contributed by atoms with Gasteiger partial charge in [-0.15, -0.1) is 11.3 Å². The first kappa shape index (κ1) is 57.9. The van der Waals surface area contributed by atoms with E-state index in [1.165, 1.54) is 64.0 Å². The van der Waals surface area contributed by atoms with Gasteiger partial charge in [-0.2, -0.15) is 21.0 Å². The van der Waals surface area contributed by atoms with E-state index in [1.807, 2.05) is 72.0 Å². The summed E-state index contributed by atoms with van der Waals surface area (Å²) in [5, 5.41) is 53.2. The van der Waals surface area contributed by atoms with Crippen molar-refractivity contribution >= 4 is 119 Å². The van der Waals surface area contributed by atoms with Crippen LogP contribution in [0.4, 0.5) is 0 Å². The van der Waals surface area contributed by atoms with Gasteiger partial charge in [0.25, 0.3) is 0 Å². The Bertz CT molecular complexity index is 6840. The molecule has 0 atom stereocenters. The molecule has 20 rings (SSSR count). The van der Waals surface area contributed by atoms with E-state index in [4.69, 9.17) is 0 Å². The van der Waals surface area contributed by atoms with Crippen LogP contribution in [0.1, 0.15) is 47.2 Å². The summed E-state index contributed by atoms with van der Waals surface area (Å²) in [5.41, 5.74) is 23.1. The summed E-state index contributed by atoms with van der Waals surface area (Å²) in [7, 11) is 0. The van der Waals surface area contributed by atoms with E-state index >= 15 is 0 Å². The van der Waals surface area contributed by atoms with Crippen LogP contribution in [-0.2, 0) is 5.41 Å². The lowest BCUT2D eigenvalue weighted by Crippen LogP contribution is -2.15. The average Bonchev–Trinajstić information content (AvgIpc) is 1.56. The van der Waals surface area contributed by atoms with Crippen molar-refractivity contribution in [1.82, 2.24) is 18.3 Å². The summed E-state index contributed by atoms with van der Waals surface area (Å²) >= 11 is 1.82. The SMILES string of the molecule is CC1(C)c2ccccc2-c2ccc3c(c21)c1ccccc1n3-c1cc(C#N)cc(-c2cc(C#N)cc(-n3c4ccccc4c4ccccc43)c2)c1.N#Cc1cc(-c2cc(C#N)cc(-n3c4ccccc4c4c5c(ccc43)sc3ccccc35)c2)cc(-n2c3ccccc3c3ccccc32)c1. The van der Waals surface area contributed by atoms with Crippen molar-refractivity contribution in [2.24, 2.45) is 0 Å². The van der Waals surface area contributed by atoms with Crippen LogP contribution in [0.15, 0.2) is 291 Å². The van der Waals surface area contributed by atoms with E-state index in [1.54, 1.807) is 0 Å². The Balaban J connectivity index is 0.000000139. The number of rotatable bonds is 6. The fraction of sp³-hybridized carbons (Fsp3) is 0.0330. The largest absolute Gasteiger partial charge is 0.309 e. The van der Waals surface area contributed by atoms with Crippen LogP contribution in [0.25, 0.3) is 164 Å². The average molecular weight is 1290 g/mol. The maximum atomic E-state index is 10.4. The molecule has 19 aromatic rings. The molecule has 1 aliphatic rings. The van der Waals surface area contributed by atoms with E-state index in [2.05, 4.69) is 287 Å². The third kappa shape index (κ3) is 8.67. The summed E-state index contributed by atoms with van der Waals surface area (Å²) in [4.78, 5) is 0. The number of nitrogens with zero attached hydrogens (tertiary/aromatic N) is 8. The topological polar surface area (TPSA) is 115 Å². The van der Waals surface area contributed by atoms with Crippen molar-refractivity contribution in [2.75, 3.05) is 0 Å². The number of aromatic nitrogens is 4. The zero-order valence-corrected chi connectivity index (χ0v) is 55.0. The Morgan fingerprint density at radius 1 is 0.270 bits per heavy atom. The van der Waals surface area contributed by atoms with Gasteiger partial charge in [0.05, 0.1) is 90.7 Å². The van der Waals surface area contributed by atoms with Crippen LogP contribution < -0.4 is 0 Å². The molecule has 0 aliphatic heterocycles. The van der Waals surface area contributed by atoms with Crippen LogP contribution >= 0.6 is 11.3 Å². The molecule has 464 valence electrons. The Hall–Kier alpha value is -13.5. The fourth-order valence-electron chi connectivity index (χ4n) is 16.4. The molecule has 0 unspecified atom stereocenters. The van der Waals surface area contributed by atoms with Gasteiger partial charge in [0.1, 0.15) is 0 Å². The standard InChI is InChI=1S/C47H30N4.C44H24N4S/c1-47(2)40-15-7-3-11-35(40)38-19-20-44-45(46(38)47)39-14-6-10-18-43(39)51(44)34-24-30(28-49)22-32(26-34)31-21-29(27-48)23-33(25-31)50-41-16-8-4-12-36(41)37-13-5-9-17-42(37)50;45-25-27-19-29(23-31(21-27)47-37-13-5-1-9-33(37)34-10-2-6-14-38(34)47)30-20-28(26-46)22-32(24-30)48-39-15-7-3-11-35(39)43-40(48)17-18-42-44(43)36-12-4-8-16-41(36)49-42/h3-26H,1-2H3;1-24H. The van der Waals surface area contributed by atoms with Crippen molar-refractivity contribution in [3.63, 3.8) is 0 Å². The first-order valence-electron chi connectivity index (χ1n) is 33.4. The Morgan fingerprint density at radius 2 is 0.600 bits per heavy atom. The third-order valence-corrected chi connectivity index (χ3v) is 21.7. The van der Waals surface area contributed by atoms with Crippen molar-refractivity contribution in [3.8, 4) is 80.4 Å². The number of fused-ring (bicyclic) bond motifs is 20.